The highest BCUT2D eigenvalue weighted by Crippen LogP contribution is 2.23. The molecular weight excluding hydrogens is 244 g/mol. The summed E-state index contributed by atoms with van der Waals surface area (Å²) >= 11 is 0. The highest BCUT2D eigenvalue weighted by molar-refractivity contribution is 5.14. The zero-order valence-corrected chi connectivity index (χ0v) is 12.5. The number of hydrogen-bond acceptors (Lipinski definition) is 2. The van der Waals surface area contributed by atoms with Crippen molar-refractivity contribution in [1.29, 1.82) is 5.26 Å². The Kier molecular flexibility index (Phi) is 6.08. The number of nitrogens with zero attached hydrogens (tertiary/aromatic N) is 1. The van der Waals surface area contributed by atoms with Gasteiger partial charge in [-0.1, -0.05) is 49.6 Å². The van der Waals surface area contributed by atoms with Crippen LogP contribution in [0.1, 0.15) is 51.0 Å². The maximum atomic E-state index is 9.32. The van der Waals surface area contributed by atoms with Crippen LogP contribution in [-0.4, -0.2) is 12.1 Å². The van der Waals surface area contributed by atoms with Crippen LogP contribution in [0.5, 0.6) is 0 Å². The number of nitrogens with one attached hydrogen (secondary N) is 1. The van der Waals surface area contributed by atoms with Gasteiger partial charge in [0.05, 0.1) is 12.0 Å². The average molecular weight is 270 g/mol. The number of benzene rings is 1. The number of aryl methyl sites for hydroxylation is 1. The fourth-order valence-electron chi connectivity index (χ4n) is 3.14. The predicted molar refractivity (Wildman–Crippen MR) is 83.3 cm³/mol. The molecule has 2 heteroatoms. The molecule has 3 unspecified atom stereocenters. The summed E-state index contributed by atoms with van der Waals surface area (Å²) in [5, 5.41) is 13.0. The molecule has 0 heterocycles. The Morgan fingerprint density at radius 2 is 1.95 bits per heavy atom. The normalized spacial score (nSPS) is 24.6. The van der Waals surface area contributed by atoms with Crippen molar-refractivity contribution < 1.29 is 0 Å². The van der Waals surface area contributed by atoms with E-state index < -0.39 is 0 Å². The minimum atomic E-state index is 0.205. The van der Waals surface area contributed by atoms with Gasteiger partial charge in [-0.05, 0) is 38.2 Å². The molecule has 0 radical (unpaired) electrons. The minimum Gasteiger partial charge on any atom is -0.310 e. The molecule has 0 aromatic heterocycles. The molecule has 0 saturated heterocycles. The molecule has 1 aromatic carbocycles. The van der Waals surface area contributed by atoms with E-state index in [0.717, 1.165) is 25.7 Å². The highest BCUT2D eigenvalue weighted by Gasteiger charge is 2.24. The van der Waals surface area contributed by atoms with E-state index in [-0.39, 0.29) is 5.92 Å². The maximum absolute atomic E-state index is 9.32. The lowest BCUT2D eigenvalue weighted by Gasteiger charge is -2.25. The van der Waals surface area contributed by atoms with Gasteiger partial charge >= 0.3 is 0 Å². The van der Waals surface area contributed by atoms with E-state index in [4.69, 9.17) is 0 Å². The van der Waals surface area contributed by atoms with Crippen LogP contribution in [-0.2, 0) is 6.42 Å². The van der Waals surface area contributed by atoms with Gasteiger partial charge in [0.25, 0.3) is 0 Å². The van der Waals surface area contributed by atoms with Gasteiger partial charge in [-0.25, -0.2) is 0 Å². The van der Waals surface area contributed by atoms with Crippen LogP contribution in [0.15, 0.2) is 30.3 Å². The molecule has 0 amide bonds. The summed E-state index contributed by atoms with van der Waals surface area (Å²) < 4.78 is 0. The van der Waals surface area contributed by atoms with Crippen LogP contribution in [0.3, 0.4) is 0 Å². The Bertz CT molecular complexity index is 421. The van der Waals surface area contributed by atoms with E-state index in [1.807, 2.05) is 0 Å². The third-order valence-electron chi connectivity index (χ3n) is 4.39. The molecular formula is C18H26N2. The van der Waals surface area contributed by atoms with E-state index in [2.05, 4.69) is 48.6 Å². The van der Waals surface area contributed by atoms with Crippen molar-refractivity contribution >= 4 is 0 Å². The Balaban J connectivity index is 1.80. The lowest BCUT2D eigenvalue weighted by atomic mass is 9.95. The summed E-state index contributed by atoms with van der Waals surface area (Å²) in [6.07, 6.45) is 8.25. The molecule has 1 saturated carbocycles. The average Bonchev–Trinajstić information content (AvgIpc) is 2.71. The third-order valence-corrected chi connectivity index (χ3v) is 4.39. The first-order valence-corrected chi connectivity index (χ1v) is 7.99. The van der Waals surface area contributed by atoms with Gasteiger partial charge < -0.3 is 5.32 Å². The summed E-state index contributed by atoms with van der Waals surface area (Å²) in [6.45, 7) is 2.25. The topological polar surface area (TPSA) is 35.8 Å². The lowest BCUT2D eigenvalue weighted by Crippen LogP contribution is -2.41. The number of rotatable bonds is 5. The van der Waals surface area contributed by atoms with Crippen LogP contribution in [0.4, 0.5) is 0 Å². The summed E-state index contributed by atoms with van der Waals surface area (Å²) in [6, 6.07) is 14.0. The monoisotopic (exact) mass is 270 g/mol. The molecule has 0 bridgehead atoms. The second-order valence-electron chi connectivity index (χ2n) is 6.07. The molecule has 1 fully saturated rings. The van der Waals surface area contributed by atoms with Crippen molar-refractivity contribution in [2.45, 2.75) is 64.0 Å². The first-order valence-electron chi connectivity index (χ1n) is 7.99. The van der Waals surface area contributed by atoms with E-state index in [1.54, 1.807) is 0 Å². The van der Waals surface area contributed by atoms with Crippen molar-refractivity contribution in [2.75, 3.05) is 0 Å². The van der Waals surface area contributed by atoms with Crippen molar-refractivity contribution in [1.82, 2.24) is 5.32 Å². The SMILES string of the molecule is CC(CCc1ccccc1)NC1CCCCCC1C#N. The molecule has 0 aliphatic heterocycles. The summed E-state index contributed by atoms with van der Waals surface area (Å²) in [7, 11) is 0. The van der Waals surface area contributed by atoms with Crippen LogP contribution in [0.25, 0.3) is 0 Å². The van der Waals surface area contributed by atoms with E-state index in [9.17, 15) is 5.26 Å². The fraction of sp³-hybridized carbons (Fsp3) is 0.611. The van der Waals surface area contributed by atoms with Crippen molar-refractivity contribution in [3.8, 4) is 6.07 Å². The minimum absolute atomic E-state index is 0.205. The molecule has 2 nitrogen and oxygen atoms in total. The first kappa shape index (κ1) is 15.1. The quantitative estimate of drug-likeness (QED) is 0.819. The molecule has 108 valence electrons. The Morgan fingerprint density at radius 1 is 1.20 bits per heavy atom. The van der Waals surface area contributed by atoms with Crippen molar-refractivity contribution in [3.05, 3.63) is 35.9 Å². The molecule has 1 aliphatic rings. The zero-order chi connectivity index (χ0) is 14.2. The van der Waals surface area contributed by atoms with Gasteiger partial charge in [-0.3, -0.25) is 0 Å². The summed E-state index contributed by atoms with van der Waals surface area (Å²) in [5.41, 5.74) is 1.40. The van der Waals surface area contributed by atoms with Gasteiger partial charge in [-0.2, -0.15) is 5.26 Å². The van der Waals surface area contributed by atoms with Gasteiger partial charge in [-0.15, -0.1) is 0 Å². The standard InChI is InChI=1S/C18H26N2/c1-15(12-13-16-8-4-2-5-9-16)20-18-11-7-3-6-10-17(18)14-19/h2,4-5,8-9,15,17-18,20H,3,6-7,10-13H2,1H3. The number of hydrogen-bond donors (Lipinski definition) is 1. The smallest absolute Gasteiger partial charge is 0.0672 e. The highest BCUT2D eigenvalue weighted by atomic mass is 14.9. The van der Waals surface area contributed by atoms with Crippen LogP contribution in [0, 0.1) is 17.2 Å². The Hall–Kier alpha value is -1.33. The second-order valence-corrected chi connectivity index (χ2v) is 6.07. The fourth-order valence-corrected chi connectivity index (χ4v) is 3.14. The largest absolute Gasteiger partial charge is 0.310 e. The second kappa shape index (κ2) is 8.07. The van der Waals surface area contributed by atoms with Crippen LogP contribution < -0.4 is 5.32 Å². The van der Waals surface area contributed by atoms with Crippen LogP contribution >= 0.6 is 0 Å². The lowest BCUT2D eigenvalue weighted by molar-refractivity contribution is 0.348. The molecule has 20 heavy (non-hydrogen) atoms. The predicted octanol–water partition coefficient (Wildman–Crippen LogP) is 4.07. The molecule has 1 aromatic rings. The molecule has 1 N–H and O–H groups in total. The summed E-state index contributed by atoms with van der Waals surface area (Å²) in [5.74, 6) is 0.205. The van der Waals surface area contributed by atoms with Crippen molar-refractivity contribution in [2.24, 2.45) is 5.92 Å². The van der Waals surface area contributed by atoms with Gasteiger partial charge in [0.2, 0.25) is 0 Å². The molecule has 3 atom stereocenters. The first-order chi connectivity index (χ1) is 9.79. The van der Waals surface area contributed by atoms with E-state index >= 15 is 0 Å². The van der Waals surface area contributed by atoms with E-state index in [0.29, 0.717) is 12.1 Å². The Labute approximate surface area is 123 Å². The van der Waals surface area contributed by atoms with Crippen molar-refractivity contribution in [3.63, 3.8) is 0 Å². The molecule has 1 aliphatic carbocycles. The molecule has 2 rings (SSSR count). The van der Waals surface area contributed by atoms with Crippen LogP contribution in [0.2, 0.25) is 0 Å². The Morgan fingerprint density at radius 3 is 2.70 bits per heavy atom. The maximum Gasteiger partial charge on any atom is 0.0672 e. The van der Waals surface area contributed by atoms with E-state index in [1.165, 1.54) is 24.8 Å². The molecule has 0 spiro atoms. The number of nitriles is 1. The third kappa shape index (κ3) is 4.65. The van der Waals surface area contributed by atoms with Gasteiger partial charge in [0.15, 0.2) is 0 Å². The zero-order valence-electron chi connectivity index (χ0n) is 12.5. The van der Waals surface area contributed by atoms with Gasteiger partial charge in [0, 0.05) is 12.1 Å². The summed E-state index contributed by atoms with van der Waals surface area (Å²) in [4.78, 5) is 0. The van der Waals surface area contributed by atoms with Gasteiger partial charge in [0.1, 0.15) is 0 Å².